The zero-order valence-corrected chi connectivity index (χ0v) is 16.1. The van der Waals surface area contributed by atoms with Crippen molar-refractivity contribution in [3.8, 4) is 11.5 Å². The van der Waals surface area contributed by atoms with Gasteiger partial charge in [-0.15, -0.1) is 0 Å². The minimum atomic E-state index is -0.868. The maximum atomic E-state index is 13.5. The predicted molar refractivity (Wildman–Crippen MR) is 104 cm³/mol. The maximum absolute atomic E-state index is 13.5. The van der Waals surface area contributed by atoms with Crippen LogP contribution in [0.4, 0.5) is 5.95 Å². The van der Waals surface area contributed by atoms with Crippen LogP contribution in [-0.4, -0.2) is 51.3 Å². The molecule has 2 N–H and O–H groups in total. The second kappa shape index (κ2) is 7.66. The molecule has 1 atom stereocenters. The van der Waals surface area contributed by atoms with Gasteiger partial charge in [-0.2, -0.15) is 4.68 Å². The minimum absolute atomic E-state index is 0.00322. The Labute approximate surface area is 170 Å². The first-order chi connectivity index (χ1) is 14.5. The number of tetrazole rings is 1. The van der Waals surface area contributed by atoms with E-state index in [9.17, 15) is 14.7 Å². The molecule has 1 aliphatic rings. The minimum Gasteiger partial charge on any atom is -0.508 e. The van der Waals surface area contributed by atoms with Gasteiger partial charge >= 0.3 is 5.97 Å². The number of ketones is 1. The van der Waals surface area contributed by atoms with Crippen LogP contribution in [0.25, 0.3) is 0 Å². The van der Waals surface area contributed by atoms with E-state index in [1.807, 2.05) is 0 Å². The molecule has 0 fully saturated rings. The number of anilines is 1. The van der Waals surface area contributed by atoms with E-state index in [2.05, 4.69) is 20.8 Å². The number of carbonyl (C=O) groups excluding carboxylic acids is 2. The van der Waals surface area contributed by atoms with Crippen molar-refractivity contribution < 1.29 is 24.2 Å². The highest BCUT2D eigenvalue weighted by Crippen LogP contribution is 2.37. The lowest BCUT2D eigenvalue weighted by Crippen LogP contribution is -2.32. The summed E-state index contributed by atoms with van der Waals surface area (Å²) in [6.45, 7) is 0. The van der Waals surface area contributed by atoms with Crippen LogP contribution >= 0.6 is 0 Å². The van der Waals surface area contributed by atoms with E-state index in [-0.39, 0.29) is 23.0 Å². The van der Waals surface area contributed by atoms with Gasteiger partial charge < -0.3 is 19.9 Å². The third-order valence-electron chi connectivity index (χ3n) is 4.69. The molecule has 152 valence electrons. The Bertz CT molecular complexity index is 1150. The number of nitrogens with one attached hydrogen (secondary N) is 1. The summed E-state index contributed by atoms with van der Waals surface area (Å²) in [4.78, 5) is 26.1. The monoisotopic (exact) mass is 407 g/mol. The summed E-state index contributed by atoms with van der Waals surface area (Å²) >= 11 is 0. The first-order valence-electron chi connectivity index (χ1n) is 8.88. The number of allylic oxidation sites excluding steroid dienone is 1. The van der Waals surface area contributed by atoms with Crippen LogP contribution in [0.5, 0.6) is 11.5 Å². The summed E-state index contributed by atoms with van der Waals surface area (Å²) in [5, 5.41) is 24.3. The number of phenolic OH excluding ortho intramolecular Hbond substituents is 1. The SMILES string of the molecule is COC(=O)C1=C(C(=O)c2ccc(OC)cc2)[C@@H](c2cccc(O)c2)n2nnnc2N1. The largest absolute Gasteiger partial charge is 0.508 e. The van der Waals surface area contributed by atoms with Crippen molar-refractivity contribution >= 4 is 17.7 Å². The molecular weight excluding hydrogens is 390 g/mol. The van der Waals surface area contributed by atoms with Gasteiger partial charge in [0.25, 0.3) is 0 Å². The van der Waals surface area contributed by atoms with Gasteiger partial charge in [0, 0.05) is 5.56 Å². The number of hydrogen-bond donors (Lipinski definition) is 2. The first kappa shape index (κ1) is 19.1. The van der Waals surface area contributed by atoms with Gasteiger partial charge in [0.2, 0.25) is 5.95 Å². The number of benzene rings is 2. The number of hydrogen-bond acceptors (Lipinski definition) is 9. The molecule has 1 aliphatic heterocycles. The topological polar surface area (TPSA) is 128 Å². The van der Waals surface area contributed by atoms with Crippen molar-refractivity contribution in [1.82, 2.24) is 20.2 Å². The fourth-order valence-electron chi connectivity index (χ4n) is 3.29. The zero-order chi connectivity index (χ0) is 21.3. The lowest BCUT2D eigenvalue weighted by Gasteiger charge is -2.28. The van der Waals surface area contributed by atoms with Crippen LogP contribution in [0.15, 0.2) is 59.8 Å². The third-order valence-corrected chi connectivity index (χ3v) is 4.69. The number of aromatic hydroxyl groups is 1. The molecule has 0 aliphatic carbocycles. The highest BCUT2D eigenvalue weighted by molar-refractivity contribution is 6.15. The number of nitrogens with zero attached hydrogens (tertiary/aromatic N) is 4. The normalized spacial score (nSPS) is 15.2. The summed E-state index contributed by atoms with van der Waals surface area (Å²) in [6.07, 6.45) is 0. The molecule has 0 amide bonds. The highest BCUT2D eigenvalue weighted by Gasteiger charge is 2.38. The number of Topliss-reactive ketones (excluding diaryl/α,β-unsaturated/α-hetero) is 1. The Kier molecular flexibility index (Phi) is 4.88. The van der Waals surface area contributed by atoms with Crippen LogP contribution in [0, 0.1) is 0 Å². The van der Waals surface area contributed by atoms with Crippen LogP contribution in [0.1, 0.15) is 22.0 Å². The standard InChI is InChI=1S/C20H17N5O5/c1-29-14-8-6-11(7-9-14)18(27)15-16(19(28)30-2)21-20-22-23-24-25(20)17(15)12-4-3-5-13(26)10-12/h3-10,17,26H,1-2H3,(H,21,22,24)/t17-/m1/s1. The molecule has 3 aromatic rings. The Morgan fingerprint density at radius 3 is 2.57 bits per heavy atom. The van der Waals surface area contributed by atoms with Gasteiger partial charge in [0.1, 0.15) is 23.2 Å². The van der Waals surface area contributed by atoms with Gasteiger partial charge in [-0.05, 0) is 52.4 Å². The van der Waals surface area contributed by atoms with Gasteiger partial charge in [0.15, 0.2) is 5.78 Å². The summed E-state index contributed by atoms with van der Waals surface area (Å²) < 4.78 is 11.4. The fourth-order valence-corrected chi connectivity index (χ4v) is 3.29. The smallest absolute Gasteiger partial charge is 0.355 e. The highest BCUT2D eigenvalue weighted by atomic mass is 16.5. The number of aromatic nitrogens is 4. The molecule has 10 nitrogen and oxygen atoms in total. The molecule has 30 heavy (non-hydrogen) atoms. The van der Waals surface area contributed by atoms with E-state index >= 15 is 0 Å². The first-order valence-corrected chi connectivity index (χ1v) is 8.88. The van der Waals surface area contributed by atoms with Crippen LogP contribution in [-0.2, 0) is 9.53 Å². The van der Waals surface area contributed by atoms with E-state index in [1.165, 1.54) is 31.0 Å². The summed E-state index contributed by atoms with van der Waals surface area (Å²) in [5.41, 5.74) is 0.852. The Morgan fingerprint density at radius 1 is 1.13 bits per heavy atom. The van der Waals surface area contributed by atoms with Gasteiger partial charge in [0.05, 0.1) is 19.8 Å². The average Bonchev–Trinajstić information content (AvgIpc) is 3.25. The third kappa shape index (κ3) is 3.24. The second-order valence-electron chi connectivity index (χ2n) is 6.41. The molecule has 0 bridgehead atoms. The van der Waals surface area contributed by atoms with Gasteiger partial charge in [-0.3, -0.25) is 4.79 Å². The molecule has 10 heteroatoms. The number of fused-ring (bicyclic) bond motifs is 1. The number of methoxy groups -OCH3 is 2. The number of carbonyl (C=O) groups is 2. The molecule has 2 heterocycles. The average molecular weight is 407 g/mol. The molecule has 0 unspecified atom stereocenters. The second-order valence-corrected chi connectivity index (χ2v) is 6.41. The van der Waals surface area contributed by atoms with E-state index in [0.29, 0.717) is 16.9 Å². The van der Waals surface area contributed by atoms with Gasteiger partial charge in [-0.1, -0.05) is 17.2 Å². The number of esters is 1. The van der Waals surface area contributed by atoms with E-state index in [1.54, 1.807) is 36.4 Å². The fraction of sp³-hybridized carbons (Fsp3) is 0.150. The number of rotatable bonds is 5. The van der Waals surface area contributed by atoms with Crippen molar-refractivity contribution in [2.24, 2.45) is 0 Å². The van der Waals surface area contributed by atoms with Crippen molar-refractivity contribution in [2.45, 2.75) is 6.04 Å². The van der Waals surface area contributed by atoms with Crippen LogP contribution < -0.4 is 10.1 Å². The van der Waals surface area contributed by atoms with Crippen molar-refractivity contribution in [1.29, 1.82) is 0 Å². The molecule has 2 aromatic carbocycles. The van der Waals surface area contributed by atoms with Gasteiger partial charge in [-0.25, -0.2) is 4.79 Å². The summed E-state index contributed by atoms with van der Waals surface area (Å²) in [7, 11) is 2.74. The Balaban J connectivity index is 1.93. The summed E-state index contributed by atoms with van der Waals surface area (Å²) in [5.74, 6) is -0.430. The van der Waals surface area contributed by atoms with E-state index in [0.717, 1.165) is 0 Å². The van der Waals surface area contributed by atoms with Crippen molar-refractivity contribution in [3.05, 3.63) is 70.9 Å². The molecule has 0 spiro atoms. The molecule has 1 aromatic heterocycles. The van der Waals surface area contributed by atoms with E-state index in [4.69, 9.17) is 9.47 Å². The lowest BCUT2D eigenvalue weighted by atomic mass is 9.89. The molecule has 4 rings (SSSR count). The summed E-state index contributed by atoms with van der Waals surface area (Å²) in [6, 6.07) is 11.9. The molecule has 0 saturated carbocycles. The quantitative estimate of drug-likeness (QED) is 0.480. The van der Waals surface area contributed by atoms with Crippen LogP contribution in [0.3, 0.4) is 0 Å². The van der Waals surface area contributed by atoms with Crippen molar-refractivity contribution in [3.63, 3.8) is 0 Å². The Morgan fingerprint density at radius 2 is 1.90 bits per heavy atom. The maximum Gasteiger partial charge on any atom is 0.355 e. The van der Waals surface area contributed by atoms with Crippen LogP contribution in [0.2, 0.25) is 0 Å². The Hall–Kier alpha value is -4.21. The molecule has 0 saturated heterocycles. The molecular formula is C20H17N5O5. The number of phenols is 1. The van der Waals surface area contributed by atoms with Crippen molar-refractivity contribution in [2.75, 3.05) is 19.5 Å². The number of ether oxygens (including phenoxy) is 2. The van der Waals surface area contributed by atoms with E-state index < -0.39 is 17.8 Å². The molecule has 0 radical (unpaired) electrons. The lowest BCUT2D eigenvalue weighted by molar-refractivity contribution is -0.136. The predicted octanol–water partition coefficient (Wildman–Crippen LogP) is 1.71. The zero-order valence-electron chi connectivity index (χ0n) is 16.1.